The van der Waals surface area contributed by atoms with E-state index in [2.05, 4.69) is 0 Å². The van der Waals surface area contributed by atoms with Gasteiger partial charge in [0.15, 0.2) is 0 Å². The topological polar surface area (TPSA) is 40.6 Å². The second kappa shape index (κ2) is 6.33. The zero-order valence-corrected chi connectivity index (χ0v) is 13.4. The molecule has 1 aliphatic heterocycles. The molecule has 1 heterocycles. The standard InChI is InChI=1S/C18H15F3N2O2/c1-22(10-12-6-8-13(9-7-12)18(19,20)21)11-23-15-5-3-2-4-14(15)16(24)17(23)25/h2-9H,10-11H2,1H3. The molecule has 0 bridgehead atoms. The van der Waals surface area contributed by atoms with Gasteiger partial charge in [0.25, 0.3) is 5.78 Å². The number of anilines is 1. The van der Waals surface area contributed by atoms with Crippen LogP contribution in [-0.4, -0.2) is 30.3 Å². The molecule has 0 fully saturated rings. The van der Waals surface area contributed by atoms with Gasteiger partial charge in [-0.15, -0.1) is 0 Å². The molecule has 130 valence electrons. The van der Waals surface area contributed by atoms with Crippen LogP contribution in [0.1, 0.15) is 21.5 Å². The molecule has 0 saturated carbocycles. The van der Waals surface area contributed by atoms with E-state index in [1.54, 1.807) is 36.2 Å². The first-order valence-corrected chi connectivity index (χ1v) is 7.57. The first-order chi connectivity index (χ1) is 11.8. The molecule has 25 heavy (non-hydrogen) atoms. The van der Waals surface area contributed by atoms with E-state index in [9.17, 15) is 22.8 Å². The lowest BCUT2D eigenvalue weighted by molar-refractivity contribution is -0.137. The largest absolute Gasteiger partial charge is 0.416 e. The smallest absolute Gasteiger partial charge is 0.291 e. The molecule has 1 amide bonds. The van der Waals surface area contributed by atoms with Crippen molar-refractivity contribution in [1.29, 1.82) is 0 Å². The number of carbonyl (C=O) groups excluding carboxylic acids is 2. The van der Waals surface area contributed by atoms with Crippen LogP contribution < -0.4 is 4.90 Å². The lowest BCUT2D eigenvalue weighted by atomic mass is 10.1. The minimum Gasteiger partial charge on any atom is -0.291 e. The maximum absolute atomic E-state index is 12.6. The van der Waals surface area contributed by atoms with E-state index < -0.39 is 23.4 Å². The van der Waals surface area contributed by atoms with Crippen molar-refractivity contribution in [3.8, 4) is 0 Å². The molecule has 0 aromatic heterocycles. The number of rotatable bonds is 4. The number of amides is 1. The molecule has 2 aromatic carbocycles. The van der Waals surface area contributed by atoms with Gasteiger partial charge in [0.05, 0.1) is 23.5 Å². The Morgan fingerprint density at radius 1 is 1.00 bits per heavy atom. The Hall–Kier alpha value is -2.67. The number of alkyl halides is 3. The highest BCUT2D eigenvalue weighted by molar-refractivity contribution is 6.52. The normalized spacial score (nSPS) is 14.4. The van der Waals surface area contributed by atoms with Crippen molar-refractivity contribution >= 4 is 17.4 Å². The predicted molar refractivity (Wildman–Crippen MR) is 86.0 cm³/mol. The summed E-state index contributed by atoms with van der Waals surface area (Å²) in [5.41, 5.74) is 0.905. The van der Waals surface area contributed by atoms with E-state index in [-0.39, 0.29) is 6.67 Å². The number of benzene rings is 2. The quantitative estimate of drug-likeness (QED) is 0.796. The number of hydrogen-bond acceptors (Lipinski definition) is 3. The molecule has 0 N–H and O–H groups in total. The third kappa shape index (κ3) is 3.41. The molecule has 2 aromatic rings. The second-order valence-electron chi connectivity index (χ2n) is 5.93. The van der Waals surface area contributed by atoms with Crippen LogP contribution in [0.25, 0.3) is 0 Å². The summed E-state index contributed by atoms with van der Waals surface area (Å²) in [6.07, 6.45) is -4.36. The van der Waals surface area contributed by atoms with Crippen molar-refractivity contribution in [2.45, 2.75) is 12.7 Å². The molecule has 1 aliphatic rings. The van der Waals surface area contributed by atoms with Crippen LogP contribution in [-0.2, 0) is 17.5 Å². The summed E-state index contributed by atoms with van der Waals surface area (Å²) in [6.45, 7) is 0.515. The molecular formula is C18H15F3N2O2. The van der Waals surface area contributed by atoms with E-state index in [1.807, 2.05) is 0 Å². The highest BCUT2D eigenvalue weighted by atomic mass is 19.4. The average molecular weight is 348 g/mol. The van der Waals surface area contributed by atoms with Crippen LogP contribution >= 0.6 is 0 Å². The van der Waals surface area contributed by atoms with Gasteiger partial charge in [-0.05, 0) is 36.9 Å². The summed E-state index contributed by atoms with van der Waals surface area (Å²) in [7, 11) is 1.73. The predicted octanol–water partition coefficient (Wildman–Crippen LogP) is 3.32. The molecule has 0 unspecified atom stereocenters. The van der Waals surface area contributed by atoms with Gasteiger partial charge in [-0.2, -0.15) is 13.2 Å². The highest BCUT2D eigenvalue weighted by Gasteiger charge is 2.35. The summed E-state index contributed by atoms with van der Waals surface area (Å²) in [5, 5.41) is 0. The Kier molecular flexibility index (Phi) is 4.34. The van der Waals surface area contributed by atoms with Crippen LogP contribution in [0.5, 0.6) is 0 Å². The maximum atomic E-state index is 12.6. The fourth-order valence-electron chi connectivity index (χ4n) is 2.79. The summed E-state index contributed by atoms with van der Waals surface area (Å²) < 4.78 is 37.8. The molecule has 3 rings (SSSR count). The fraction of sp³-hybridized carbons (Fsp3) is 0.222. The van der Waals surface area contributed by atoms with Crippen LogP contribution in [0.3, 0.4) is 0 Å². The first-order valence-electron chi connectivity index (χ1n) is 7.57. The maximum Gasteiger partial charge on any atom is 0.416 e. The van der Waals surface area contributed by atoms with Crippen molar-refractivity contribution in [2.75, 3.05) is 18.6 Å². The van der Waals surface area contributed by atoms with E-state index in [4.69, 9.17) is 0 Å². The van der Waals surface area contributed by atoms with Crippen LogP contribution in [0.4, 0.5) is 18.9 Å². The van der Waals surface area contributed by atoms with E-state index in [1.165, 1.54) is 17.0 Å². The zero-order chi connectivity index (χ0) is 18.2. The summed E-state index contributed by atoms with van der Waals surface area (Å²) in [4.78, 5) is 27.2. The number of nitrogens with zero attached hydrogens (tertiary/aromatic N) is 2. The third-order valence-electron chi connectivity index (χ3n) is 4.00. The Bertz CT molecular complexity index is 816. The Morgan fingerprint density at radius 3 is 2.28 bits per heavy atom. The summed E-state index contributed by atoms with van der Waals surface area (Å²) >= 11 is 0. The van der Waals surface area contributed by atoms with Crippen molar-refractivity contribution in [3.05, 3.63) is 65.2 Å². The van der Waals surface area contributed by atoms with Gasteiger partial charge in [0, 0.05) is 6.54 Å². The lowest BCUT2D eigenvalue weighted by Gasteiger charge is -2.24. The SMILES string of the molecule is CN(Cc1ccc(C(F)(F)F)cc1)CN1C(=O)C(=O)c2ccccc21. The van der Waals surface area contributed by atoms with Gasteiger partial charge < -0.3 is 0 Å². The molecule has 0 aliphatic carbocycles. The number of para-hydroxylation sites is 1. The minimum atomic E-state index is -4.36. The molecule has 4 nitrogen and oxygen atoms in total. The number of fused-ring (bicyclic) bond motifs is 1. The van der Waals surface area contributed by atoms with Gasteiger partial charge in [-0.25, -0.2) is 0 Å². The highest BCUT2D eigenvalue weighted by Crippen LogP contribution is 2.30. The van der Waals surface area contributed by atoms with E-state index in [0.717, 1.165) is 12.1 Å². The number of carbonyl (C=O) groups is 2. The number of halogens is 3. The number of Topliss-reactive ketones (excluding diaryl/α,β-unsaturated/α-hetero) is 1. The van der Waals surface area contributed by atoms with Crippen molar-refractivity contribution in [2.24, 2.45) is 0 Å². The monoisotopic (exact) mass is 348 g/mol. The minimum absolute atomic E-state index is 0.169. The van der Waals surface area contributed by atoms with Gasteiger partial charge in [-0.3, -0.25) is 19.4 Å². The Morgan fingerprint density at radius 2 is 1.64 bits per heavy atom. The molecule has 0 radical (unpaired) electrons. The van der Waals surface area contributed by atoms with E-state index >= 15 is 0 Å². The van der Waals surface area contributed by atoms with Gasteiger partial charge in [0.2, 0.25) is 0 Å². The molecule has 7 heteroatoms. The van der Waals surface area contributed by atoms with Crippen LogP contribution in [0, 0.1) is 0 Å². The average Bonchev–Trinajstić information content (AvgIpc) is 2.80. The molecule has 0 saturated heterocycles. The first kappa shape index (κ1) is 17.2. The third-order valence-corrected chi connectivity index (χ3v) is 4.00. The van der Waals surface area contributed by atoms with Crippen LogP contribution in [0.2, 0.25) is 0 Å². The van der Waals surface area contributed by atoms with E-state index in [0.29, 0.717) is 23.4 Å². The summed E-state index contributed by atoms with van der Waals surface area (Å²) in [5.74, 6) is -1.14. The molecule has 0 atom stereocenters. The van der Waals surface area contributed by atoms with Crippen molar-refractivity contribution in [1.82, 2.24) is 4.90 Å². The summed E-state index contributed by atoms with van der Waals surface area (Å²) in [6, 6.07) is 11.6. The fourth-order valence-corrected chi connectivity index (χ4v) is 2.79. The Labute approximate surface area is 142 Å². The molecular weight excluding hydrogens is 333 g/mol. The number of ketones is 1. The Balaban J connectivity index is 1.70. The van der Waals surface area contributed by atoms with Gasteiger partial charge in [0.1, 0.15) is 0 Å². The van der Waals surface area contributed by atoms with Crippen LogP contribution in [0.15, 0.2) is 48.5 Å². The number of hydrogen-bond donors (Lipinski definition) is 0. The zero-order valence-electron chi connectivity index (χ0n) is 13.4. The molecule has 0 spiro atoms. The van der Waals surface area contributed by atoms with Gasteiger partial charge in [-0.1, -0.05) is 24.3 Å². The second-order valence-corrected chi connectivity index (χ2v) is 5.93. The van der Waals surface area contributed by atoms with Gasteiger partial charge >= 0.3 is 12.1 Å². The van der Waals surface area contributed by atoms with Crippen molar-refractivity contribution < 1.29 is 22.8 Å². The lowest BCUT2D eigenvalue weighted by Crippen LogP contribution is -2.38. The van der Waals surface area contributed by atoms with Crippen molar-refractivity contribution in [3.63, 3.8) is 0 Å².